The minimum absolute atomic E-state index is 0.181. The van der Waals surface area contributed by atoms with Crippen LogP contribution in [0.5, 0.6) is 5.75 Å². The van der Waals surface area contributed by atoms with Gasteiger partial charge < -0.3 is 15.8 Å². The Hall–Kier alpha value is -1.62. The van der Waals surface area contributed by atoms with Gasteiger partial charge in [-0.3, -0.25) is 4.79 Å². The van der Waals surface area contributed by atoms with Gasteiger partial charge in [-0.2, -0.15) is 0 Å². The molecule has 3 N–H and O–H groups in total. The molecule has 0 bridgehead atoms. The molecule has 2 unspecified atom stereocenters. The van der Waals surface area contributed by atoms with Crippen LogP contribution in [0.25, 0.3) is 0 Å². The molecule has 21 heavy (non-hydrogen) atoms. The summed E-state index contributed by atoms with van der Waals surface area (Å²) in [6, 6.07) is 4.48. The van der Waals surface area contributed by atoms with Gasteiger partial charge in [0.05, 0.1) is 6.61 Å². The molecule has 1 saturated carbocycles. The van der Waals surface area contributed by atoms with Crippen molar-refractivity contribution in [2.45, 2.75) is 38.1 Å². The number of carbonyl (C=O) groups excluding carboxylic acids is 1. The van der Waals surface area contributed by atoms with E-state index in [0.717, 1.165) is 31.2 Å². The molecule has 1 amide bonds. The molecule has 1 aliphatic carbocycles. The van der Waals surface area contributed by atoms with E-state index in [2.05, 4.69) is 5.32 Å². The van der Waals surface area contributed by atoms with Gasteiger partial charge in [-0.15, -0.1) is 0 Å². The van der Waals surface area contributed by atoms with E-state index in [1.807, 2.05) is 6.92 Å². The van der Waals surface area contributed by atoms with Gasteiger partial charge in [0.2, 0.25) is 5.91 Å². The van der Waals surface area contributed by atoms with E-state index < -0.39 is 5.54 Å². The number of rotatable bonds is 6. The van der Waals surface area contributed by atoms with Crippen molar-refractivity contribution in [3.8, 4) is 5.75 Å². The van der Waals surface area contributed by atoms with Gasteiger partial charge in [0.25, 0.3) is 0 Å². The first-order valence-corrected chi connectivity index (χ1v) is 7.37. The number of hydrogen-bond acceptors (Lipinski definition) is 3. The largest absolute Gasteiger partial charge is 0.493 e. The van der Waals surface area contributed by atoms with Gasteiger partial charge in [0, 0.05) is 0 Å². The van der Waals surface area contributed by atoms with Crippen molar-refractivity contribution in [2.75, 3.05) is 13.7 Å². The van der Waals surface area contributed by atoms with Crippen molar-refractivity contribution < 1.29 is 13.9 Å². The summed E-state index contributed by atoms with van der Waals surface area (Å²) in [5.41, 5.74) is 5.74. The molecule has 1 aromatic carbocycles. The molecule has 116 valence electrons. The third kappa shape index (κ3) is 3.18. The monoisotopic (exact) mass is 294 g/mol. The fraction of sp³-hybridized carbons (Fsp3) is 0.562. The van der Waals surface area contributed by atoms with E-state index in [4.69, 9.17) is 10.5 Å². The lowest BCUT2D eigenvalue weighted by Crippen LogP contribution is -2.56. The van der Waals surface area contributed by atoms with Crippen LogP contribution in [0.4, 0.5) is 4.39 Å². The second-order valence-corrected chi connectivity index (χ2v) is 5.72. The number of primary amides is 1. The van der Waals surface area contributed by atoms with Gasteiger partial charge in [0.15, 0.2) is 0 Å². The number of amides is 1. The molecule has 4 nitrogen and oxygen atoms in total. The minimum atomic E-state index is -0.610. The lowest BCUT2D eigenvalue weighted by molar-refractivity contribution is -0.125. The van der Waals surface area contributed by atoms with Crippen molar-refractivity contribution in [3.63, 3.8) is 0 Å². The Morgan fingerprint density at radius 1 is 1.57 bits per heavy atom. The molecule has 2 rings (SSSR count). The lowest BCUT2D eigenvalue weighted by atomic mass is 9.84. The van der Waals surface area contributed by atoms with Crippen molar-refractivity contribution in [3.05, 3.63) is 29.6 Å². The van der Waals surface area contributed by atoms with Crippen LogP contribution < -0.4 is 15.8 Å². The number of nitrogens with one attached hydrogen (secondary N) is 1. The first kappa shape index (κ1) is 15.8. The first-order valence-electron chi connectivity index (χ1n) is 7.37. The minimum Gasteiger partial charge on any atom is -0.493 e. The topological polar surface area (TPSA) is 64.3 Å². The van der Waals surface area contributed by atoms with E-state index in [1.165, 1.54) is 12.1 Å². The fourth-order valence-corrected chi connectivity index (χ4v) is 3.33. The maximum atomic E-state index is 13.0. The number of aryl methyl sites for hydroxylation is 1. The second-order valence-electron chi connectivity index (χ2n) is 5.72. The zero-order valence-corrected chi connectivity index (χ0v) is 12.6. The molecular weight excluding hydrogens is 271 g/mol. The van der Waals surface area contributed by atoms with Crippen LogP contribution in [-0.4, -0.2) is 25.1 Å². The summed E-state index contributed by atoms with van der Waals surface area (Å²) in [6.45, 7) is 2.31. The Kier molecular flexibility index (Phi) is 4.83. The predicted molar refractivity (Wildman–Crippen MR) is 79.6 cm³/mol. The van der Waals surface area contributed by atoms with Crippen LogP contribution in [0, 0.1) is 18.7 Å². The molecule has 1 aliphatic rings. The SMILES string of the molecule is CNC1(C(N)=O)CCCC1CCOc1ccc(F)cc1C. The molecule has 1 aromatic rings. The predicted octanol–water partition coefficient (Wildman–Crippen LogP) is 2.15. The van der Waals surface area contributed by atoms with Gasteiger partial charge in [-0.1, -0.05) is 6.42 Å². The third-order valence-corrected chi connectivity index (χ3v) is 4.57. The normalized spacial score (nSPS) is 25.0. The van der Waals surface area contributed by atoms with E-state index in [-0.39, 0.29) is 17.6 Å². The Morgan fingerprint density at radius 2 is 2.33 bits per heavy atom. The highest BCUT2D eigenvalue weighted by molar-refractivity contribution is 5.85. The average Bonchev–Trinajstić information content (AvgIpc) is 2.85. The highest BCUT2D eigenvalue weighted by atomic mass is 19.1. The molecule has 0 aromatic heterocycles. The van der Waals surface area contributed by atoms with Crippen molar-refractivity contribution in [1.29, 1.82) is 0 Å². The van der Waals surface area contributed by atoms with E-state index >= 15 is 0 Å². The summed E-state index contributed by atoms with van der Waals surface area (Å²) in [4.78, 5) is 11.8. The second kappa shape index (κ2) is 6.43. The number of carbonyl (C=O) groups is 1. The summed E-state index contributed by atoms with van der Waals surface area (Å²) in [6.07, 6.45) is 3.49. The van der Waals surface area contributed by atoms with Gasteiger partial charge in [-0.05, 0) is 62.9 Å². The van der Waals surface area contributed by atoms with Gasteiger partial charge in [-0.25, -0.2) is 4.39 Å². The smallest absolute Gasteiger partial charge is 0.238 e. The Balaban J connectivity index is 1.95. The standard InChI is InChI=1S/C16H23FN2O2/c1-11-10-13(17)5-6-14(11)21-9-7-12-4-3-8-16(12,19-2)15(18)20/h5-6,10,12,19H,3-4,7-9H2,1-2H3,(H2,18,20). The highest BCUT2D eigenvalue weighted by Crippen LogP contribution is 2.37. The van der Waals surface area contributed by atoms with Crippen LogP contribution in [0.3, 0.4) is 0 Å². The number of nitrogens with two attached hydrogens (primary N) is 1. The van der Waals surface area contributed by atoms with Gasteiger partial charge in [0.1, 0.15) is 17.1 Å². The summed E-state index contributed by atoms with van der Waals surface area (Å²) < 4.78 is 18.8. The number of ether oxygens (including phenoxy) is 1. The van der Waals surface area contributed by atoms with Crippen LogP contribution in [0.1, 0.15) is 31.2 Å². The Labute approximate surface area is 124 Å². The van der Waals surface area contributed by atoms with Crippen molar-refractivity contribution in [1.82, 2.24) is 5.32 Å². The number of benzene rings is 1. The molecule has 5 heteroatoms. The molecule has 0 aliphatic heterocycles. The van der Waals surface area contributed by atoms with Crippen LogP contribution in [0.15, 0.2) is 18.2 Å². The van der Waals surface area contributed by atoms with Crippen LogP contribution in [-0.2, 0) is 4.79 Å². The number of hydrogen-bond donors (Lipinski definition) is 2. The zero-order valence-electron chi connectivity index (χ0n) is 12.6. The van der Waals surface area contributed by atoms with Crippen molar-refractivity contribution >= 4 is 5.91 Å². The molecule has 0 saturated heterocycles. The Bertz CT molecular complexity index is 521. The van der Waals surface area contributed by atoms with Crippen LogP contribution >= 0.6 is 0 Å². The summed E-state index contributed by atoms with van der Waals surface area (Å²) >= 11 is 0. The number of likely N-dealkylation sites (N-methyl/N-ethyl adjacent to an activating group) is 1. The first-order chi connectivity index (χ1) is 9.99. The van der Waals surface area contributed by atoms with Gasteiger partial charge >= 0.3 is 0 Å². The third-order valence-electron chi connectivity index (χ3n) is 4.57. The maximum absolute atomic E-state index is 13.0. The summed E-state index contributed by atoms with van der Waals surface area (Å²) in [7, 11) is 1.79. The van der Waals surface area contributed by atoms with Crippen molar-refractivity contribution in [2.24, 2.45) is 11.7 Å². The molecule has 0 radical (unpaired) electrons. The zero-order chi connectivity index (χ0) is 15.5. The highest BCUT2D eigenvalue weighted by Gasteiger charge is 2.46. The summed E-state index contributed by atoms with van der Waals surface area (Å²) in [5.74, 6) is 0.313. The molecular formula is C16H23FN2O2. The molecule has 1 fully saturated rings. The van der Waals surface area contributed by atoms with E-state index in [0.29, 0.717) is 12.4 Å². The molecule has 0 spiro atoms. The average molecular weight is 294 g/mol. The maximum Gasteiger partial charge on any atom is 0.238 e. The van der Waals surface area contributed by atoms with E-state index in [1.54, 1.807) is 13.1 Å². The Morgan fingerprint density at radius 3 is 2.95 bits per heavy atom. The number of halogens is 1. The molecule has 0 heterocycles. The summed E-state index contributed by atoms with van der Waals surface area (Å²) in [5, 5.41) is 3.11. The fourth-order valence-electron chi connectivity index (χ4n) is 3.33. The lowest BCUT2D eigenvalue weighted by Gasteiger charge is -2.32. The molecule has 2 atom stereocenters. The quantitative estimate of drug-likeness (QED) is 0.845. The van der Waals surface area contributed by atoms with E-state index in [9.17, 15) is 9.18 Å². The van der Waals surface area contributed by atoms with Crippen LogP contribution in [0.2, 0.25) is 0 Å².